The molecule has 0 saturated carbocycles. The van der Waals surface area contributed by atoms with Crippen molar-refractivity contribution in [1.29, 1.82) is 0 Å². The number of hydrogen-bond acceptors (Lipinski definition) is 5. The Hall–Kier alpha value is -2.34. The van der Waals surface area contributed by atoms with Gasteiger partial charge in [0, 0.05) is 40.3 Å². The molecule has 0 spiro atoms. The Labute approximate surface area is 170 Å². The average Bonchev–Trinajstić information content (AvgIpc) is 2.70. The number of halogens is 1. The van der Waals surface area contributed by atoms with Crippen molar-refractivity contribution in [1.82, 2.24) is 10.3 Å². The Kier molecular flexibility index (Phi) is 6.08. The topological polar surface area (TPSA) is 69.4 Å². The van der Waals surface area contributed by atoms with Crippen molar-refractivity contribution in [3.63, 3.8) is 0 Å². The molecule has 28 heavy (non-hydrogen) atoms. The van der Waals surface area contributed by atoms with Crippen molar-refractivity contribution in [2.45, 2.75) is 32.0 Å². The molecule has 0 radical (unpaired) electrons. The number of aromatic nitrogens is 1. The van der Waals surface area contributed by atoms with Gasteiger partial charge in [-0.25, -0.2) is 0 Å². The van der Waals surface area contributed by atoms with Gasteiger partial charge in [-0.1, -0.05) is 29.8 Å². The van der Waals surface area contributed by atoms with Crippen LogP contribution in [0.4, 0.5) is 0 Å². The highest BCUT2D eigenvalue weighted by Crippen LogP contribution is 2.33. The monoisotopic (exact) mass is 399 g/mol. The number of nitrogens with two attached hydrogens (primary N) is 1. The third kappa shape index (κ3) is 4.07. The molecule has 6 heteroatoms. The lowest BCUT2D eigenvalue weighted by Gasteiger charge is -2.34. The van der Waals surface area contributed by atoms with Crippen LogP contribution in [0.2, 0.25) is 5.02 Å². The van der Waals surface area contributed by atoms with Gasteiger partial charge in [0.2, 0.25) is 0 Å². The number of hydrogen-bond donors (Lipinski definition) is 2. The minimum Gasteiger partial charge on any atom is -0.493 e. The number of benzene rings is 2. The van der Waals surface area contributed by atoms with E-state index in [9.17, 15) is 0 Å². The third-order valence-electron chi connectivity index (χ3n) is 5.07. The van der Waals surface area contributed by atoms with Crippen molar-refractivity contribution < 1.29 is 9.47 Å². The molecule has 0 bridgehead atoms. The molecule has 0 saturated heterocycles. The number of pyridine rings is 1. The number of ether oxygens (including phenoxy) is 2. The fourth-order valence-corrected chi connectivity index (χ4v) is 3.50. The quantitative estimate of drug-likeness (QED) is 0.613. The lowest BCUT2D eigenvalue weighted by Crippen LogP contribution is -2.48. The second kappa shape index (κ2) is 8.35. The molecule has 3 N–H and O–H groups in total. The number of nitrogens with one attached hydrogen (secondary N) is 1. The summed E-state index contributed by atoms with van der Waals surface area (Å²) in [5.74, 6) is 1.44. The largest absolute Gasteiger partial charge is 0.493 e. The first-order valence-corrected chi connectivity index (χ1v) is 9.50. The van der Waals surface area contributed by atoms with Crippen LogP contribution in [0.5, 0.6) is 11.5 Å². The Morgan fingerprint density at radius 2 is 1.93 bits per heavy atom. The van der Waals surface area contributed by atoms with E-state index in [0.29, 0.717) is 17.3 Å². The zero-order chi connectivity index (χ0) is 20.3. The maximum absolute atomic E-state index is 6.69. The predicted octanol–water partition coefficient (Wildman–Crippen LogP) is 4.47. The number of para-hydroxylation sites is 1. The SMILES string of the molecule is COc1cccc(CNC(C)(C)C(N)c2ccnc3cc(Cl)ccc23)c1OC. The number of fused-ring (bicyclic) bond motifs is 1. The molecular weight excluding hydrogens is 374 g/mol. The molecule has 0 aliphatic rings. The fraction of sp³-hybridized carbons (Fsp3) is 0.318. The molecule has 3 aromatic rings. The van der Waals surface area contributed by atoms with Crippen molar-refractivity contribution in [3.8, 4) is 11.5 Å². The first-order valence-electron chi connectivity index (χ1n) is 9.12. The molecule has 1 aromatic heterocycles. The fourth-order valence-electron chi connectivity index (χ4n) is 3.33. The lowest BCUT2D eigenvalue weighted by molar-refractivity contribution is 0.314. The van der Waals surface area contributed by atoms with E-state index in [-0.39, 0.29) is 11.6 Å². The van der Waals surface area contributed by atoms with Gasteiger partial charge in [-0.15, -0.1) is 0 Å². The van der Waals surface area contributed by atoms with E-state index in [0.717, 1.165) is 27.8 Å². The second-order valence-corrected chi connectivity index (χ2v) is 7.70. The molecule has 0 aliphatic heterocycles. The van der Waals surface area contributed by atoms with Crippen LogP contribution in [-0.4, -0.2) is 24.7 Å². The normalized spacial score (nSPS) is 12.8. The Balaban J connectivity index is 1.86. The summed E-state index contributed by atoms with van der Waals surface area (Å²) in [4.78, 5) is 4.41. The van der Waals surface area contributed by atoms with Crippen LogP contribution in [0.3, 0.4) is 0 Å². The zero-order valence-electron chi connectivity index (χ0n) is 16.6. The summed E-state index contributed by atoms with van der Waals surface area (Å²) in [6.45, 7) is 4.77. The number of methoxy groups -OCH3 is 2. The summed E-state index contributed by atoms with van der Waals surface area (Å²) in [7, 11) is 3.28. The highest BCUT2D eigenvalue weighted by molar-refractivity contribution is 6.31. The molecule has 0 aliphatic carbocycles. The first kappa shape index (κ1) is 20.4. The molecule has 1 heterocycles. The lowest BCUT2D eigenvalue weighted by atomic mass is 9.87. The van der Waals surface area contributed by atoms with Gasteiger partial charge in [-0.2, -0.15) is 0 Å². The van der Waals surface area contributed by atoms with Gasteiger partial charge < -0.3 is 20.5 Å². The van der Waals surface area contributed by atoms with Gasteiger partial charge in [-0.05, 0) is 43.7 Å². The van der Waals surface area contributed by atoms with E-state index in [1.54, 1.807) is 20.4 Å². The van der Waals surface area contributed by atoms with Crippen LogP contribution in [0, 0.1) is 0 Å². The predicted molar refractivity (Wildman–Crippen MR) is 114 cm³/mol. The highest BCUT2D eigenvalue weighted by Gasteiger charge is 2.29. The highest BCUT2D eigenvalue weighted by atomic mass is 35.5. The van der Waals surface area contributed by atoms with Crippen LogP contribution in [0.1, 0.15) is 31.0 Å². The third-order valence-corrected chi connectivity index (χ3v) is 5.31. The van der Waals surface area contributed by atoms with E-state index >= 15 is 0 Å². The molecule has 0 fully saturated rings. The molecule has 1 unspecified atom stereocenters. The summed E-state index contributed by atoms with van der Waals surface area (Å²) in [6, 6.07) is 13.3. The zero-order valence-corrected chi connectivity index (χ0v) is 17.4. The van der Waals surface area contributed by atoms with Gasteiger partial charge >= 0.3 is 0 Å². The minimum absolute atomic E-state index is 0.254. The van der Waals surface area contributed by atoms with Crippen LogP contribution in [-0.2, 0) is 6.54 Å². The Morgan fingerprint density at radius 1 is 1.14 bits per heavy atom. The van der Waals surface area contributed by atoms with Crippen LogP contribution >= 0.6 is 11.6 Å². The Bertz CT molecular complexity index is 975. The second-order valence-electron chi connectivity index (χ2n) is 7.27. The van der Waals surface area contributed by atoms with Gasteiger partial charge in [-0.3, -0.25) is 4.98 Å². The van der Waals surface area contributed by atoms with Gasteiger partial charge in [0.15, 0.2) is 11.5 Å². The van der Waals surface area contributed by atoms with E-state index in [4.69, 9.17) is 26.8 Å². The average molecular weight is 400 g/mol. The van der Waals surface area contributed by atoms with Gasteiger partial charge in [0.05, 0.1) is 19.7 Å². The van der Waals surface area contributed by atoms with Crippen molar-refractivity contribution in [2.24, 2.45) is 5.73 Å². The molecular formula is C22H26ClN3O2. The molecule has 5 nitrogen and oxygen atoms in total. The summed E-state index contributed by atoms with van der Waals surface area (Å²) >= 11 is 6.11. The van der Waals surface area contributed by atoms with Crippen molar-refractivity contribution >= 4 is 22.5 Å². The van der Waals surface area contributed by atoms with E-state index < -0.39 is 0 Å². The Morgan fingerprint density at radius 3 is 2.64 bits per heavy atom. The van der Waals surface area contributed by atoms with E-state index in [1.165, 1.54) is 0 Å². The maximum Gasteiger partial charge on any atom is 0.165 e. The number of rotatable bonds is 7. The van der Waals surface area contributed by atoms with Crippen LogP contribution in [0.15, 0.2) is 48.7 Å². The summed E-state index contributed by atoms with van der Waals surface area (Å²) in [6.07, 6.45) is 1.77. The molecule has 0 amide bonds. The molecule has 1 atom stereocenters. The maximum atomic E-state index is 6.69. The van der Waals surface area contributed by atoms with E-state index in [1.807, 2.05) is 42.5 Å². The smallest absolute Gasteiger partial charge is 0.165 e. The van der Waals surface area contributed by atoms with Crippen LogP contribution < -0.4 is 20.5 Å². The van der Waals surface area contributed by atoms with E-state index in [2.05, 4.69) is 24.1 Å². The van der Waals surface area contributed by atoms with Crippen LogP contribution in [0.25, 0.3) is 10.9 Å². The van der Waals surface area contributed by atoms with Gasteiger partial charge in [0.25, 0.3) is 0 Å². The molecule has 2 aromatic carbocycles. The first-order chi connectivity index (χ1) is 13.4. The van der Waals surface area contributed by atoms with Crippen molar-refractivity contribution in [3.05, 3.63) is 64.8 Å². The molecule has 148 valence electrons. The number of nitrogens with zero attached hydrogens (tertiary/aromatic N) is 1. The van der Waals surface area contributed by atoms with Crippen molar-refractivity contribution in [2.75, 3.05) is 14.2 Å². The summed E-state index contributed by atoms with van der Waals surface area (Å²) < 4.78 is 10.9. The standard InChI is InChI=1S/C22H26ClN3O2/c1-22(2,26-13-14-6-5-7-19(27-3)20(14)28-4)21(24)17-10-11-25-18-12-15(23)8-9-16(17)18/h5-12,21,26H,13,24H2,1-4H3. The van der Waals surface area contributed by atoms with Gasteiger partial charge in [0.1, 0.15) is 0 Å². The summed E-state index contributed by atoms with van der Waals surface area (Å²) in [5.41, 5.74) is 9.17. The molecule has 3 rings (SSSR count). The summed E-state index contributed by atoms with van der Waals surface area (Å²) in [5, 5.41) is 5.24. The minimum atomic E-state index is -0.387.